The van der Waals surface area contributed by atoms with Crippen LogP contribution in [0.1, 0.15) is 26.2 Å². The van der Waals surface area contributed by atoms with E-state index in [-0.39, 0.29) is 6.29 Å². The zero-order valence-corrected chi connectivity index (χ0v) is 10.4. The zero-order valence-electron chi connectivity index (χ0n) is 10.4. The number of hydrogen-bond acceptors (Lipinski definition) is 4. The number of likely N-dealkylation sites (N-methyl/N-ethyl adjacent to an activating group) is 1. The lowest BCUT2D eigenvalue weighted by Crippen LogP contribution is -2.39. The van der Waals surface area contributed by atoms with E-state index in [1.165, 1.54) is 0 Å². The van der Waals surface area contributed by atoms with Gasteiger partial charge in [0.2, 0.25) is 0 Å². The molecule has 2 unspecified atom stereocenters. The molecule has 0 aromatic heterocycles. The predicted molar refractivity (Wildman–Crippen MR) is 61.4 cm³/mol. The fraction of sp³-hybridized carbons (Fsp3) is 1.00. The highest BCUT2D eigenvalue weighted by molar-refractivity contribution is 4.80. The molecule has 2 aliphatic rings. The Morgan fingerprint density at radius 3 is 2.50 bits per heavy atom. The average Bonchev–Trinajstić information content (AvgIpc) is 2.74. The summed E-state index contributed by atoms with van der Waals surface area (Å²) in [6.45, 7) is 5.76. The highest BCUT2D eigenvalue weighted by atomic mass is 16.7. The van der Waals surface area contributed by atoms with Crippen molar-refractivity contribution in [2.75, 3.05) is 33.4 Å². The van der Waals surface area contributed by atoms with Crippen molar-refractivity contribution in [3.05, 3.63) is 0 Å². The first-order valence-electron chi connectivity index (χ1n) is 6.32. The van der Waals surface area contributed by atoms with Gasteiger partial charge in [-0.15, -0.1) is 0 Å². The van der Waals surface area contributed by atoms with Crippen LogP contribution in [0.15, 0.2) is 0 Å². The largest absolute Gasteiger partial charge is 0.377 e. The molecule has 2 fully saturated rings. The van der Waals surface area contributed by atoms with Crippen LogP contribution in [0.2, 0.25) is 0 Å². The van der Waals surface area contributed by atoms with E-state index in [1.54, 1.807) is 0 Å². The molecule has 0 bridgehead atoms. The summed E-state index contributed by atoms with van der Waals surface area (Å²) in [5.74, 6) is 0. The third-order valence-electron chi connectivity index (χ3n) is 3.52. The molecule has 4 heteroatoms. The van der Waals surface area contributed by atoms with Crippen molar-refractivity contribution in [3.63, 3.8) is 0 Å². The lowest BCUT2D eigenvalue weighted by molar-refractivity contribution is -0.183. The molecule has 0 aromatic rings. The topological polar surface area (TPSA) is 30.9 Å². The van der Waals surface area contributed by atoms with Gasteiger partial charge in [0, 0.05) is 25.6 Å². The molecular formula is C12H23NO3. The first kappa shape index (κ1) is 12.3. The summed E-state index contributed by atoms with van der Waals surface area (Å²) < 4.78 is 16.6. The SMILES string of the molecule is CC1OCCC1N(C)CCC1OCCCO1. The molecule has 2 saturated heterocycles. The maximum atomic E-state index is 5.57. The molecule has 0 aromatic carbocycles. The van der Waals surface area contributed by atoms with E-state index in [4.69, 9.17) is 14.2 Å². The molecular weight excluding hydrogens is 206 g/mol. The monoisotopic (exact) mass is 229 g/mol. The highest BCUT2D eigenvalue weighted by Gasteiger charge is 2.28. The molecule has 0 amide bonds. The average molecular weight is 229 g/mol. The molecule has 0 N–H and O–H groups in total. The van der Waals surface area contributed by atoms with E-state index in [9.17, 15) is 0 Å². The van der Waals surface area contributed by atoms with E-state index < -0.39 is 0 Å². The molecule has 2 heterocycles. The van der Waals surface area contributed by atoms with Crippen LogP contribution in [0.25, 0.3) is 0 Å². The van der Waals surface area contributed by atoms with Crippen LogP contribution < -0.4 is 0 Å². The Balaban J connectivity index is 1.68. The second-order valence-electron chi connectivity index (χ2n) is 4.73. The molecule has 94 valence electrons. The van der Waals surface area contributed by atoms with Crippen molar-refractivity contribution in [2.45, 2.75) is 44.6 Å². The molecule has 4 nitrogen and oxygen atoms in total. The minimum absolute atomic E-state index is 0.00817. The Bertz CT molecular complexity index is 206. The number of nitrogens with zero attached hydrogens (tertiary/aromatic N) is 1. The normalized spacial score (nSPS) is 32.4. The summed E-state index contributed by atoms with van der Waals surface area (Å²) in [7, 11) is 2.17. The van der Waals surface area contributed by atoms with Crippen molar-refractivity contribution in [2.24, 2.45) is 0 Å². The van der Waals surface area contributed by atoms with Crippen molar-refractivity contribution < 1.29 is 14.2 Å². The van der Waals surface area contributed by atoms with Gasteiger partial charge in [-0.2, -0.15) is 0 Å². The van der Waals surface area contributed by atoms with Crippen molar-refractivity contribution >= 4 is 0 Å². The van der Waals surface area contributed by atoms with Crippen LogP contribution >= 0.6 is 0 Å². The quantitative estimate of drug-likeness (QED) is 0.726. The molecule has 2 aliphatic heterocycles. The van der Waals surface area contributed by atoms with E-state index in [1.807, 2.05) is 0 Å². The van der Waals surface area contributed by atoms with Crippen LogP contribution in [-0.4, -0.2) is 56.7 Å². The Kier molecular flexibility index (Phi) is 4.58. The van der Waals surface area contributed by atoms with Crippen molar-refractivity contribution in [1.29, 1.82) is 0 Å². The molecule has 0 spiro atoms. The first-order valence-corrected chi connectivity index (χ1v) is 6.32. The maximum absolute atomic E-state index is 5.57. The summed E-state index contributed by atoms with van der Waals surface area (Å²) in [5, 5.41) is 0. The highest BCUT2D eigenvalue weighted by Crippen LogP contribution is 2.19. The molecule has 0 aliphatic carbocycles. The summed E-state index contributed by atoms with van der Waals surface area (Å²) in [6, 6.07) is 0.559. The van der Waals surface area contributed by atoms with Gasteiger partial charge in [-0.3, -0.25) is 0 Å². The lowest BCUT2D eigenvalue weighted by Gasteiger charge is -2.29. The van der Waals surface area contributed by atoms with Gasteiger partial charge in [-0.05, 0) is 26.8 Å². The lowest BCUT2D eigenvalue weighted by atomic mass is 10.1. The predicted octanol–water partition coefficient (Wildman–Crippen LogP) is 1.25. The Morgan fingerprint density at radius 2 is 1.88 bits per heavy atom. The van der Waals surface area contributed by atoms with E-state index in [2.05, 4.69) is 18.9 Å². The van der Waals surface area contributed by atoms with Crippen LogP contribution in [0.5, 0.6) is 0 Å². The molecule has 16 heavy (non-hydrogen) atoms. The molecule has 0 saturated carbocycles. The van der Waals surface area contributed by atoms with Gasteiger partial charge in [0.15, 0.2) is 6.29 Å². The van der Waals surface area contributed by atoms with Crippen LogP contribution in [0.3, 0.4) is 0 Å². The van der Waals surface area contributed by atoms with Gasteiger partial charge in [0.25, 0.3) is 0 Å². The summed E-state index contributed by atoms with van der Waals surface area (Å²) >= 11 is 0. The zero-order chi connectivity index (χ0) is 11.4. The number of rotatable bonds is 4. The van der Waals surface area contributed by atoms with E-state index in [0.29, 0.717) is 12.1 Å². The minimum atomic E-state index is 0.00817. The minimum Gasteiger partial charge on any atom is -0.377 e. The Morgan fingerprint density at radius 1 is 1.12 bits per heavy atom. The fourth-order valence-corrected chi connectivity index (χ4v) is 2.48. The van der Waals surface area contributed by atoms with E-state index in [0.717, 1.165) is 45.6 Å². The smallest absolute Gasteiger partial charge is 0.158 e. The maximum Gasteiger partial charge on any atom is 0.158 e. The van der Waals surface area contributed by atoms with Crippen LogP contribution in [0, 0.1) is 0 Å². The van der Waals surface area contributed by atoms with Gasteiger partial charge in [-0.25, -0.2) is 0 Å². The van der Waals surface area contributed by atoms with Gasteiger partial charge >= 0.3 is 0 Å². The van der Waals surface area contributed by atoms with Gasteiger partial charge in [0.1, 0.15) is 0 Å². The van der Waals surface area contributed by atoms with Crippen LogP contribution in [0.4, 0.5) is 0 Å². The summed E-state index contributed by atoms with van der Waals surface area (Å²) in [4.78, 5) is 2.37. The fourth-order valence-electron chi connectivity index (χ4n) is 2.48. The Hall–Kier alpha value is -0.160. The second kappa shape index (κ2) is 5.96. The van der Waals surface area contributed by atoms with Crippen LogP contribution in [-0.2, 0) is 14.2 Å². The van der Waals surface area contributed by atoms with Crippen molar-refractivity contribution in [3.8, 4) is 0 Å². The number of hydrogen-bond donors (Lipinski definition) is 0. The van der Waals surface area contributed by atoms with E-state index >= 15 is 0 Å². The summed E-state index contributed by atoms with van der Waals surface area (Å²) in [5.41, 5.74) is 0. The first-order chi connectivity index (χ1) is 7.77. The molecule has 2 rings (SSSR count). The number of ether oxygens (including phenoxy) is 3. The Labute approximate surface area is 97.8 Å². The standard InChI is InChI=1S/C12H23NO3/c1-10-11(5-9-14-10)13(2)6-4-12-15-7-3-8-16-12/h10-12H,3-9H2,1-2H3. The third kappa shape index (κ3) is 3.17. The van der Waals surface area contributed by atoms with Crippen molar-refractivity contribution in [1.82, 2.24) is 4.90 Å². The van der Waals surface area contributed by atoms with Gasteiger partial charge < -0.3 is 19.1 Å². The van der Waals surface area contributed by atoms with Gasteiger partial charge in [0.05, 0.1) is 19.3 Å². The third-order valence-corrected chi connectivity index (χ3v) is 3.52. The second-order valence-corrected chi connectivity index (χ2v) is 4.73. The van der Waals surface area contributed by atoms with Gasteiger partial charge in [-0.1, -0.05) is 0 Å². The summed E-state index contributed by atoms with van der Waals surface area (Å²) in [6.07, 6.45) is 3.50. The molecule has 2 atom stereocenters. The molecule has 0 radical (unpaired) electrons.